The molecule has 0 bridgehead atoms. The summed E-state index contributed by atoms with van der Waals surface area (Å²) in [6.07, 6.45) is 6.48. The molecule has 5 aromatic carbocycles. The molecule has 6 aliphatic heterocycles. The number of alkyl halides is 3. The number of aryl methyl sites for hydroxylation is 1. The Kier molecular flexibility index (Phi) is 24.2. The molecule has 5 aromatic rings. The van der Waals surface area contributed by atoms with Crippen molar-refractivity contribution in [2.75, 3.05) is 154 Å². The van der Waals surface area contributed by atoms with Gasteiger partial charge in [0, 0.05) is 169 Å². The molecule has 6 heterocycles. The average molecular weight is 1480 g/mol. The van der Waals surface area contributed by atoms with Crippen molar-refractivity contribution in [1.82, 2.24) is 44.3 Å². The summed E-state index contributed by atoms with van der Waals surface area (Å²) in [6, 6.07) is 31.1. The number of rotatable bonds is 25. The summed E-state index contributed by atoms with van der Waals surface area (Å²) in [4.78, 5) is 81.3. The van der Waals surface area contributed by atoms with E-state index >= 15 is 0 Å². The smallest absolute Gasteiger partial charge is 0.380 e. The number of fused-ring (bicyclic) bond motifs is 1. The van der Waals surface area contributed by atoms with Crippen LogP contribution in [0.3, 0.4) is 0 Å². The zero-order chi connectivity index (χ0) is 71.8. The van der Waals surface area contributed by atoms with Gasteiger partial charge in [-0.25, -0.2) is 21.6 Å². The molecule has 0 saturated carbocycles. The number of carbonyl (C=O) groups excluding carboxylic acids is 5. The van der Waals surface area contributed by atoms with Gasteiger partial charge in [0.2, 0.25) is 17.7 Å². The number of thioether (sulfide) groups is 1. The van der Waals surface area contributed by atoms with Crippen LogP contribution < -0.4 is 20.3 Å². The van der Waals surface area contributed by atoms with Gasteiger partial charge in [-0.1, -0.05) is 66.6 Å². The number of sulfonamides is 1. The van der Waals surface area contributed by atoms with Crippen LogP contribution in [0.2, 0.25) is 5.02 Å². The molecule has 0 aromatic heterocycles. The predicted molar refractivity (Wildman–Crippen MR) is 388 cm³/mol. The fourth-order valence-electron chi connectivity index (χ4n) is 15.2. The number of allylic oxidation sites excluding steroid dienone is 1. The number of piperidine rings is 1. The minimum Gasteiger partial charge on any atom is -0.380 e. The van der Waals surface area contributed by atoms with Gasteiger partial charge in [0.1, 0.15) is 10.9 Å². The van der Waals surface area contributed by atoms with Crippen molar-refractivity contribution in [2.24, 2.45) is 5.41 Å². The quantitative estimate of drug-likeness (QED) is 0.0369. The number of nitrogens with one attached hydrogen (secondary N) is 3. The number of sulfone groups is 1. The second-order valence-corrected chi connectivity index (χ2v) is 33.4. The minimum atomic E-state index is -6.10. The fourth-order valence-corrected chi connectivity index (χ4v) is 18.3. The van der Waals surface area contributed by atoms with Gasteiger partial charge in [0.05, 0.1) is 23.7 Å². The van der Waals surface area contributed by atoms with Crippen molar-refractivity contribution >= 4 is 89.7 Å². The normalized spacial score (nSPS) is 21.6. The summed E-state index contributed by atoms with van der Waals surface area (Å²) in [5.41, 5.74) is 1.22. The van der Waals surface area contributed by atoms with Crippen LogP contribution in [-0.4, -0.2) is 242 Å². The maximum absolute atomic E-state index is 14.4. The highest BCUT2D eigenvalue weighted by molar-refractivity contribution is 7.99. The molecular formula is C74H91ClF3N11O10S3. The highest BCUT2D eigenvalue weighted by atomic mass is 35.5. The average Bonchev–Trinajstić information content (AvgIpc) is 0.970. The summed E-state index contributed by atoms with van der Waals surface area (Å²) < 4.78 is 105. The lowest BCUT2D eigenvalue weighted by molar-refractivity contribution is -0.137. The molecule has 0 radical (unpaired) electrons. The minimum absolute atomic E-state index is 0.00318. The van der Waals surface area contributed by atoms with Gasteiger partial charge in [-0.05, 0) is 158 Å². The Morgan fingerprint density at radius 1 is 0.755 bits per heavy atom. The van der Waals surface area contributed by atoms with Crippen LogP contribution >= 0.6 is 23.4 Å². The van der Waals surface area contributed by atoms with E-state index in [0.717, 1.165) is 151 Å². The first-order valence-corrected chi connectivity index (χ1v) is 39.8. The molecule has 1 aliphatic carbocycles. The molecule has 7 aliphatic rings. The lowest BCUT2D eigenvalue weighted by Gasteiger charge is -2.44. The Hall–Kier alpha value is -6.92. The number of carbonyl (C=O) groups is 5. The van der Waals surface area contributed by atoms with Crippen LogP contribution in [0.25, 0.3) is 5.57 Å². The van der Waals surface area contributed by atoms with E-state index in [1.54, 1.807) is 17.0 Å². The second kappa shape index (κ2) is 33.0. The molecule has 28 heteroatoms. The number of hydrogen-bond donors (Lipinski definition) is 3. The standard InChI is InChI=1S/C74H91ClF3N11O10S3/c1-73(52-86-36-40-88(41-37-86)69(91)50-85-32-30-83(31-33-85)27-5-7-53-10-20-64-56(45-53)49-89(72(64)94)66-22-23-68(90)80-71(66)93)26-24-63(54-11-15-58(75)16-12-54)57(47-73)48-84-34-38-87(39-35-84)60-17-13-55(14-18-60)70(92)81-102(97,98)62-19-21-65(67(46-62)101(95,96)74(76,77)78)79-59(51-100-61-8-3-2-4-9-61)25-29-82-28-6-43-99-44-42-82/h2-4,8-21,45-46,59,66,79H,5-7,22-44,47-52H2,1H3,(H,81,92)(H,80,90,93)/t59-,66?,73-/m1/s1. The molecular weight excluding hydrogens is 1390 g/mol. The van der Waals surface area contributed by atoms with Crippen molar-refractivity contribution < 1.29 is 58.7 Å². The van der Waals surface area contributed by atoms with Crippen LogP contribution in [0, 0.1) is 5.41 Å². The third-order valence-corrected chi connectivity index (χ3v) is 25.2. The summed E-state index contributed by atoms with van der Waals surface area (Å²) in [5, 5.41) is 6.07. The van der Waals surface area contributed by atoms with E-state index in [9.17, 15) is 54.0 Å². The first-order valence-electron chi connectivity index (χ1n) is 35.5. The Balaban J connectivity index is 0.601. The molecule has 12 rings (SSSR count). The molecule has 548 valence electrons. The lowest BCUT2D eigenvalue weighted by atomic mass is 9.71. The molecule has 5 fully saturated rings. The van der Waals surface area contributed by atoms with Crippen LogP contribution in [-0.2, 0) is 51.9 Å². The van der Waals surface area contributed by atoms with E-state index in [2.05, 4.69) is 65.2 Å². The molecule has 1 unspecified atom stereocenters. The van der Waals surface area contributed by atoms with Gasteiger partial charge in [-0.2, -0.15) is 13.2 Å². The van der Waals surface area contributed by atoms with E-state index in [0.29, 0.717) is 101 Å². The van der Waals surface area contributed by atoms with Gasteiger partial charge in [-0.15, -0.1) is 11.8 Å². The van der Waals surface area contributed by atoms with Crippen LogP contribution in [0.1, 0.15) is 95.7 Å². The second-order valence-electron chi connectivity index (χ2n) is 28.3. The van der Waals surface area contributed by atoms with Crippen molar-refractivity contribution in [1.29, 1.82) is 0 Å². The molecule has 5 saturated heterocycles. The SMILES string of the molecule is C[C@@]1(CN2CCN(C(=O)CN3CCN(CCCc4ccc5c(c4)CN(C4CCC(=O)NC4=O)C5=O)CC3)CC2)CCC(c2ccc(Cl)cc2)=C(CN2CCN(c3ccc(C(=O)NS(=O)(=O)c4ccc(N[C@H](CCN5CCCOCC5)CSc5ccccc5)c(S(=O)(=O)C(F)(F)F)c4)cc3)CC2)C1. The number of imide groups is 1. The van der Waals surface area contributed by atoms with Gasteiger partial charge < -0.3 is 34.6 Å². The largest absolute Gasteiger partial charge is 0.501 e. The maximum Gasteiger partial charge on any atom is 0.501 e. The van der Waals surface area contributed by atoms with Crippen molar-refractivity contribution in [2.45, 2.75) is 104 Å². The number of hydrogen-bond acceptors (Lipinski definition) is 18. The zero-order valence-corrected chi connectivity index (χ0v) is 60.9. The van der Waals surface area contributed by atoms with E-state index in [1.165, 1.54) is 40.6 Å². The lowest BCUT2D eigenvalue weighted by Crippen LogP contribution is -2.55. The van der Waals surface area contributed by atoms with Gasteiger partial charge >= 0.3 is 5.51 Å². The molecule has 0 spiro atoms. The number of anilines is 2. The topological polar surface area (TPSA) is 225 Å². The molecule has 21 nitrogen and oxygen atoms in total. The molecule has 3 atom stereocenters. The highest BCUT2D eigenvalue weighted by Crippen LogP contribution is 2.45. The maximum atomic E-state index is 14.4. The third-order valence-electron chi connectivity index (χ3n) is 20.9. The van der Waals surface area contributed by atoms with Crippen LogP contribution in [0.15, 0.2) is 136 Å². The van der Waals surface area contributed by atoms with Gasteiger partial charge in [0.25, 0.3) is 31.7 Å². The summed E-state index contributed by atoms with van der Waals surface area (Å²) >= 11 is 7.84. The van der Waals surface area contributed by atoms with Crippen LogP contribution in [0.5, 0.6) is 0 Å². The molecule has 3 N–H and O–H groups in total. The Bertz CT molecular complexity index is 4090. The molecule has 5 amide bonds. The Morgan fingerprint density at radius 3 is 2.19 bits per heavy atom. The highest BCUT2D eigenvalue weighted by Gasteiger charge is 2.49. The zero-order valence-electron chi connectivity index (χ0n) is 57.6. The number of halogens is 4. The number of benzene rings is 5. The van der Waals surface area contributed by atoms with E-state index < -0.39 is 64.7 Å². The third kappa shape index (κ3) is 18.8. The van der Waals surface area contributed by atoms with Crippen LogP contribution in [0.4, 0.5) is 24.5 Å². The van der Waals surface area contributed by atoms with Crippen molar-refractivity contribution in [3.05, 3.63) is 154 Å². The first-order chi connectivity index (χ1) is 48.9. The van der Waals surface area contributed by atoms with E-state index in [1.807, 2.05) is 64.2 Å². The van der Waals surface area contributed by atoms with Crippen molar-refractivity contribution in [3.63, 3.8) is 0 Å². The summed E-state index contributed by atoms with van der Waals surface area (Å²) in [6.45, 7) is 18.2. The van der Waals surface area contributed by atoms with E-state index in [4.69, 9.17) is 16.3 Å². The monoisotopic (exact) mass is 1480 g/mol. The summed E-state index contributed by atoms with van der Waals surface area (Å²) in [7, 11) is -11.0. The van der Waals surface area contributed by atoms with E-state index in [-0.39, 0.29) is 35.1 Å². The first kappa shape index (κ1) is 74.8. The number of piperazine rings is 3. The Labute approximate surface area is 605 Å². The van der Waals surface area contributed by atoms with Gasteiger partial charge in [0.15, 0.2) is 0 Å². The van der Waals surface area contributed by atoms with Gasteiger partial charge in [-0.3, -0.25) is 44.0 Å². The van der Waals surface area contributed by atoms with Crippen molar-refractivity contribution in [3.8, 4) is 0 Å². The molecule has 102 heavy (non-hydrogen) atoms. The number of nitrogens with zero attached hydrogens (tertiary/aromatic N) is 8. The fraction of sp³-hybridized carbons (Fsp3) is 0.500. The Morgan fingerprint density at radius 2 is 1.46 bits per heavy atom. The number of ether oxygens (including phenoxy) is 1. The predicted octanol–water partition coefficient (Wildman–Crippen LogP) is 8.36. The number of amides is 5. The summed E-state index contributed by atoms with van der Waals surface area (Å²) in [5.74, 6) is -1.39.